The zero-order valence-electron chi connectivity index (χ0n) is 11.0. The Morgan fingerprint density at radius 3 is 2.10 bits per heavy atom. The van der Waals surface area contributed by atoms with Crippen molar-refractivity contribution in [2.24, 2.45) is 10.2 Å². The Morgan fingerprint density at radius 2 is 1.75 bits per heavy atom. The summed E-state index contributed by atoms with van der Waals surface area (Å²) in [6, 6.07) is 0. The average Bonchev–Trinajstić information content (AvgIpc) is 2.31. The highest BCUT2D eigenvalue weighted by Crippen LogP contribution is 2.30. The van der Waals surface area contributed by atoms with Gasteiger partial charge < -0.3 is 0 Å². The first-order chi connectivity index (χ1) is 9.00. The molecule has 20 heavy (non-hydrogen) atoms. The molecule has 0 unspecified atom stereocenters. The van der Waals surface area contributed by atoms with Crippen LogP contribution in [0.4, 0.5) is 13.2 Å². The van der Waals surface area contributed by atoms with Crippen LogP contribution in [0.5, 0.6) is 0 Å². The number of amides is 1. The van der Waals surface area contributed by atoms with Crippen LogP contribution in [-0.2, 0) is 4.79 Å². The summed E-state index contributed by atoms with van der Waals surface area (Å²) in [5.74, 6) is -1.52. The van der Waals surface area contributed by atoms with Crippen molar-refractivity contribution in [3.05, 3.63) is 39.4 Å². The summed E-state index contributed by atoms with van der Waals surface area (Å²) < 4.78 is 38.5. The second-order valence-corrected chi connectivity index (χ2v) is 4.42. The summed E-state index contributed by atoms with van der Waals surface area (Å²) in [6.07, 6.45) is -3.57. The number of nitroso groups, excluding NO2 is 1. The van der Waals surface area contributed by atoms with Crippen LogP contribution in [0, 0.1) is 4.91 Å². The predicted octanol–water partition coefficient (Wildman–Crippen LogP) is 4.28. The van der Waals surface area contributed by atoms with Gasteiger partial charge in [-0.25, -0.2) is 4.99 Å². The molecule has 0 aliphatic carbocycles. The topological polar surface area (TPSA) is 58.9 Å². The van der Waals surface area contributed by atoms with Crippen LogP contribution in [-0.4, -0.2) is 17.8 Å². The van der Waals surface area contributed by atoms with Gasteiger partial charge in [0.2, 0.25) is 0 Å². The van der Waals surface area contributed by atoms with Crippen molar-refractivity contribution < 1.29 is 18.0 Å². The van der Waals surface area contributed by atoms with E-state index < -0.39 is 23.4 Å². The third-order valence-corrected chi connectivity index (χ3v) is 2.25. The van der Waals surface area contributed by atoms with Crippen molar-refractivity contribution in [2.75, 3.05) is 0 Å². The molecule has 0 fully saturated rings. The van der Waals surface area contributed by atoms with Gasteiger partial charge in [-0.1, -0.05) is 18.2 Å². The number of carbonyl (C=O) groups is 1. The summed E-state index contributed by atoms with van der Waals surface area (Å²) in [4.78, 5) is 24.3. The minimum atomic E-state index is -4.90. The fraction of sp³-hybridized carbons (Fsp3) is 0.333. The minimum absolute atomic E-state index is 0.0876. The normalized spacial score (nSPS) is 14.8. The summed E-state index contributed by atoms with van der Waals surface area (Å²) in [5, 5.41) is 2.26. The van der Waals surface area contributed by atoms with Gasteiger partial charge in [0.15, 0.2) is 5.70 Å². The average molecular weight is 309 g/mol. The Morgan fingerprint density at radius 1 is 1.25 bits per heavy atom. The van der Waals surface area contributed by atoms with Gasteiger partial charge in [0.05, 0.1) is 5.57 Å². The van der Waals surface area contributed by atoms with Crippen LogP contribution in [0.2, 0.25) is 0 Å². The molecule has 4 nitrogen and oxygen atoms in total. The lowest BCUT2D eigenvalue weighted by Crippen LogP contribution is -2.16. The van der Waals surface area contributed by atoms with Crippen molar-refractivity contribution in [3.63, 3.8) is 0 Å². The molecule has 0 bridgehead atoms. The zero-order valence-corrected chi connectivity index (χ0v) is 11.8. The quantitative estimate of drug-likeness (QED) is 0.337. The van der Waals surface area contributed by atoms with E-state index in [-0.39, 0.29) is 11.3 Å². The molecule has 0 aromatic rings. The number of halogens is 4. The van der Waals surface area contributed by atoms with E-state index in [1.807, 2.05) is 5.18 Å². The molecule has 0 saturated carbocycles. The van der Waals surface area contributed by atoms with Gasteiger partial charge in [-0.2, -0.15) is 13.2 Å². The number of rotatable bonds is 4. The molecule has 0 atom stereocenters. The molecular weight excluding hydrogens is 297 g/mol. The van der Waals surface area contributed by atoms with E-state index in [0.29, 0.717) is 5.03 Å². The lowest BCUT2D eigenvalue weighted by atomic mass is 10.1. The molecule has 0 saturated heterocycles. The highest BCUT2D eigenvalue weighted by molar-refractivity contribution is 6.29. The summed E-state index contributed by atoms with van der Waals surface area (Å²) in [6.45, 7) is 7.12. The van der Waals surface area contributed by atoms with E-state index in [9.17, 15) is 22.9 Å². The fourth-order valence-corrected chi connectivity index (χ4v) is 1.25. The lowest BCUT2D eigenvalue weighted by Gasteiger charge is -2.11. The summed E-state index contributed by atoms with van der Waals surface area (Å²) >= 11 is 5.58. The molecule has 1 amide bonds. The molecular formula is C12H12ClF3N2O2. The van der Waals surface area contributed by atoms with Gasteiger partial charge in [0.1, 0.15) is 0 Å². The van der Waals surface area contributed by atoms with Crippen LogP contribution in [0.15, 0.2) is 44.7 Å². The zero-order chi connectivity index (χ0) is 16.1. The molecule has 0 rings (SSSR count). The fourth-order valence-electron chi connectivity index (χ4n) is 1.11. The Balaban J connectivity index is 5.86. The monoisotopic (exact) mass is 308 g/mol. The van der Waals surface area contributed by atoms with E-state index >= 15 is 0 Å². The number of alkyl halides is 3. The van der Waals surface area contributed by atoms with Gasteiger partial charge in [0, 0.05) is 15.9 Å². The van der Waals surface area contributed by atoms with Gasteiger partial charge in [-0.05, 0) is 32.4 Å². The number of hydrogen-bond acceptors (Lipinski definition) is 3. The van der Waals surface area contributed by atoms with Crippen molar-refractivity contribution in [1.82, 2.24) is 0 Å². The molecule has 0 aliphatic rings. The Hall–Kier alpha value is -1.76. The maximum atomic E-state index is 12.8. The molecule has 0 radical (unpaired) electrons. The molecule has 0 aromatic carbocycles. The molecule has 8 heteroatoms. The van der Waals surface area contributed by atoms with Crippen molar-refractivity contribution in [1.29, 1.82) is 0 Å². The van der Waals surface area contributed by atoms with Crippen molar-refractivity contribution in [3.8, 4) is 0 Å². The maximum absolute atomic E-state index is 12.8. The number of allylic oxidation sites excluding steroid dienone is 4. The van der Waals surface area contributed by atoms with Crippen LogP contribution in [0.3, 0.4) is 0 Å². The minimum Gasteiger partial charge on any atom is -0.264 e. The summed E-state index contributed by atoms with van der Waals surface area (Å²) in [7, 11) is 0. The highest BCUT2D eigenvalue weighted by Gasteiger charge is 2.37. The second kappa shape index (κ2) is 7.14. The Bertz CT molecular complexity index is 527. The van der Waals surface area contributed by atoms with Crippen molar-refractivity contribution in [2.45, 2.75) is 26.9 Å². The van der Waals surface area contributed by atoms with E-state index in [0.717, 1.165) is 6.92 Å². The maximum Gasteiger partial charge on any atom is 0.433 e. The largest absolute Gasteiger partial charge is 0.433 e. The third-order valence-electron chi connectivity index (χ3n) is 2.14. The highest BCUT2D eigenvalue weighted by atomic mass is 35.5. The van der Waals surface area contributed by atoms with Gasteiger partial charge in [-0.3, -0.25) is 4.79 Å². The first-order valence-electron chi connectivity index (χ1n) is 5.24. The number of carbonyl (C=O) groups excluding carboxylic acids is 1. The molecule has 0 spiro atoms. The predicted molar refractivity (Wildman–Crippen MR) is 71.4 cm³/mol. The SMILES string of the molecule is C=C(/C=C(\C)Cl)C(C)=N/C(=C(\C)C(=O)N=O)C(F)(F)F. The number of hydrogen-bond donors (Lipinski definition) is 0. The van der Waals surface area contributed by atoms with E-state index in [4.69, 9.17) is 11.6 Å². The standard InChI is InChI=1S/C12H12ClF3N2O2/c1-6(5-7(2)13)9(4)17-10(12(14,15)16)8(3)11(19)18-20/h5H,1H2,2-4H3/b7-5+,10-8+,17-9?. The second-order valence-electron chi connectivity index (χ2n) is 3.82. The number of nitrogens with zero attached hydrogens (tertiary/aromatic N) is 2. The Kier molecular flexibility index (Phi) is 6.51. The molecule has 0 N–H and O–H groups in total. The Labute approximate surface area is 118 Å². The lowest BCUT2D eigenvalue weighted by molar-refractivity contribution is -0.116. The smallest absolute Gasteiger partial charge is 0.264 e. The summed E-state index contributed by atoms with van der Waals surface area (Å²) in [5.41, 5.74) is -2.30. The van der Waals surface area contributed by atoms with Crippen LogP contribution < -0.4 is 0 Å². The number of aliphatic imine (C=N–C) groups is 1. The first kappa shape index (κ1) is 18.2. The van der Waals surface area contributed by atoms with Crippen LogP contribution in [0.1, 0.15) is 20.8 Å². The van der Waals surface area contributed by atoms with E-state index in [2.05, 4.69) is 11.6 Å². The molecule has 0 aliphatic heterocycles. The molecule has 0 heterocycles. The molecule has 0 aromatic heterocycles. The van der Waals surface area contributed by atoms with Crippen LogP contribution >= 0.6 is 11.6 Å². The van der Waals surface area contributed by atoms with Gasteiger partial charge in [-0.15, -0.1) is 4.91 Å². The van der Waals surface area contributed by atoms with Crippen LogP contribution in [0.25, 0.3) is 0 Å². The third kappa shape index (κ3) is 5.48. The van der Waals surface area contributed by atoms with Gasteiger partial charge in [0.25, 0.3) is 0 Å². The van der Waals surface area contributed by atoms with Gasteiger partial charge >= 0.3 is 12.1 Å². The van der Waals surface area contributed by atoms with E-state index in [1.54, 1.807) is 0 Å². The molecule has 110 valence electrons. The van der Waals surface area contributed by atoms with Crippen molar-refractivity contribution >= 4 is 23.2 Å². The first-order valence-corrected chi connectivity index (χ1v) is 5.62. The van der Waals surface area contributed by atoms with E-state index in [1.165, 1.54) is 19.9 Å².